The van der Waals surface area contributed by atoms with Crippen molar-refractivity contribution in [3.05, 3.63) is 18.2 Å². The first kappa shape index (κ1) is 29.3. The number of hydrogen-bond donors (Lipinski definition) is 0. The van der Waals surface area contributed by atoms with Crippen LogP contribution in [0.3, 0.4) is 0 Å². The summed E-state index contributed by atoms with van der Waals surface area (Å²) in [5, 5.41) is 0. The Morgan fingerprint density at radius 1 is 0.914 bits per heavy atom. The van der Waals surface area contributed by atoms with Crippen molar-refractivity contribution in [1.82, 2.24) is 14.5 Å². The highest BCUT2D eigenvalue weighted by Gasteiger charge is 2.25. The van der Waals surface area contributed by atoms with Crippen molar-refractivity contribution in [2.75, 3.05) is 26.2 Å². The first-order valence-electron chi connectivity index (χ1n) is 14.1. The summed E-state index contributed by atoms with van der Waals surface area (Å²) in [6, 6.07) is 0. The third-order valence-electron chi connectivity index (χ3n) is 6.87. The van der Waals surface area contributed by atoms with Crippen LogP contribution < -0.4 is 0 Å². The highest BCUT2D eigenvalue weighted by atomic mass is 16.5. The van der Waals surface area contributed by atoms with Crippen LogP contribution in [0.15, 0.2) is 12.4 Å². The van der Waals surface area contributed by atoms with Crippen molar-refractivity contribution in [2.45, 2.75) is 123 Å². The summed E-state index contributed by atoms with van der Waals surface area (Å²) in [5.74, 6) is 0.728. The zero-order chi connectivity index (χ0) is 25.1. The van der Waals surface area contributed by atoms with Crippen LogP contribution in [0.1, 0.15) is 109 Å². The summed E-state index contributed by atoms with van der Waals surface area (Å²) < 4.78 is 13.0. The van der Waals surface area contributed by atoms with Crippen LogP contribution in [-0.4, -0.2) is 58.7 Å². The number of nitrogens with zero attached hydrogens (tertiary/aromatic N) is 3. The predicted octanol–water partition coefficient (Wildman–Crippen LogP) is 5.83. The third kappa shape index (κ3) is 13.7. The van der Waals surface area contributed by atoms with E-state index >= 15 is 0 Å². The van der Waals surface area contributed by atoms with Crippen molar-refractivity contribution in [2.24, 2.45) is 0 Å². The molecule has 0 aliphatic carbocycles. The van der Waals surface area contributed by atoms with Gasteiger partial charge in [0.15, 0.2) is 0 Å². The molecule has 200 valence electrons. The fourth-order valence-corrected chi connectivity index (χ4v) is 4.65. The number of unbranched alkanes of at least 4 members (excludes halogenated alkanes) is 10. The van der Waals surface area contributed by atoms with Gasteiger partial charge in [0.25, 0.3) is 0 Å². The molecule has 7 heteroatoms. The number of rotatable bonds is 20. The van der Waals surface area contributed by atoms with E-state index in [-0.39, 0.29) is 18.0 Å². The normalized spacial score (nSPS) is 16.0. The lowest BCUT2D eigenvalue weighted by molar-refractivity contribution is -0.148. The van der Waals surface area contributed by atoms with E-state index in [1.807, 2.05) is 17.7 Å². The van der Waals surface area contributed by atoms with Crippen LogP contribution in [-0.2, 0) is 25.6 Å². The number of imidazole rings is 1. The van der Waals surface area contributed by atoms with Gasteiger partial charge in [-0.3, -0.25) is 14.5 Å². The summed E-state index contributed by atoms with van der Waals surface area (Å²) in [4.78, 5) is 30.6. The Morgan fingerprint density at radius 2 is 1.63 bits per heavy atom. The molecule has 0 amide bonds. The molecule has 1 aliphatic rings. The Morgan fingerprint density at radius 3 is 2.34 bits per heavy atom. The minimum absolute atomic E-state index is 0.00224. The minimum atomic E-state index is -0.133. The predicted molar refractivity (Wildman–Crippen MR) is 139 cm³/mol. The number of aryl methyl sites for hydroxylation is 2. The van der Waals surface area contributed by atoms with E-state index in [0.29, 0.717) is 26.0 Å². The molecule has 0 saturated carbocycles. The number of hydrogen-bond acceptors (Lipinski definition) is 6. The second kappa shape index (κ2) is 18.4. The minimum Gasteiger partial charge on any atom is -0.466 e. The van der Waals surface area contributed by atoms with Gasteiger partial charge in [-0.25, -0.2) is 4.98 Å². The molecule has 0 aromatic carbocycles. The maximum absolute atomic E-state index is 12.1. The molecule has 2 heterocycles. The van der Waals surface area contributed by atoms with Crippen molar-refractivity contribution < 1.29 is 19.1 Å². The molecule has 1 aromatic rings. The first-order chi connectivity index (χ1) is 17.1. The van der Waals surface area contributed by atoms with Gasteiger partial charge in [-0.2, -0.15) is 0 Å². The number of aromatic nitrogens is 2. The molecule has 35 heavy (non-hydrogen) atoms. The Balaban J connectivity index is 1.37. The van der Waals surface area contributed by atoms with E-state index in [1.54, 1.807) is 6.20 Å². The molecule has 0 radical (unpaired) electrons. The molecular weight excluding hydrogens is 442 g/mol. The third-order valence-corrected chi connectivity index (χ3v) is 6.87. The Kier molecular flexibility index (Phi) is 15.4. The highest BCUT2D eigenvalue weighted by Crippen LogP contribution is 2.15. The van der Waals surface area contributed by atoms with Crippen molar-refractivity contribution >= 4 is 11.9 Å². The zero-order valence-electron chi connectivity index (χ0n) is 22.3. The number of ether oxygens (including phenoxy) is 2. The van der Waals surface area contributed by atoms with Gasteiger partial charge in [0, 0.05) is 38.4 Å². The summed E-state index contributed by atoms with van der Waals surface area (Å²) in [6.07, 6.45) is 19.9. The maximum Gasteiger partial charge on any atom is 0.307 e. The summed E-state index contributed by atoms with van der Waals surface area (Å²) in [6.45, 7) is 8.15. The topological polar surface area (TPSA) is 73.7 Å². The summed E-state index contributed by atoms with van der Waals surface area (Å²) >= 11 is 0. The molecule has 1 aromatic heterocycles. The fourth-order valence-electron chi connectivity index (χ4n) is 4.65. The molecule has 7 nitrogen and oxygen atoms in total. The lowest BCUT2D eigenvalue weighted by Crippen LogP contribution is -2.26. The highest BCUT2D eigenvalue weighted by molar-refractivity contribution is 5.69. The van der Waals surface area contributed by atoms with Crippen LogP contribution in [0.4, 0.5) is 0 Å². The van der Waals surface area contributed by atoms with Gasteiger partial charge in [0.05, 0.1) is 13.0 Å². The van der Waals surface area contributed by atoms with E-state index in [9.17, 15) is 9.59 Å². The zero-order valence-corrected chi connectivity index (χ0v) is 22.3. The van der Waals surface area contributed by atoms with E-state index in [2.05, 4.69) is 16.8 Å². The van der Waals surface area contributed by atoms with Crippen LogP contribution in [0.5, 0.6) is 0 Å². The number of likely N-dealkylation sites (tertiary alicyclic amines) is 1. The monoisotopic (exact) mass is 491 g/mol. The first-order valence-corrected chi connectivity index (χ1v) is 14.1. The standard InChI is InChI=1S/C28H49N3O4/c1-3-4-5-6-7-8-9-10-14-23-34-27(32)15-12-11-13-19-30-20-16-26(24-30)35-28(33)17-21-31-22-18-29-25(31)2/h18,22,26H,3-17,19-21,23-24H2,1-2H3. The maximum atomic E-state index is 12.1. The van der Waals surface area contributed by atoms with Crippen LogP contribution in [0.25, 0.3) is 0 Å². The summed E-state index contributed by atoms with van der Waals surface area (Å²) in [7, 11) is 0. The van der Waals surface area contributed by atoms with Crippen LogP contribution in [0, 0.1) is 6.92 Å². The smallest absolute Gasteiger partial charge is 0.307 e. The Hall–Kier alpha value is -1.89. The fraction of sp³-hybridized carbons (Fsp3) is 0.821. The Bertz CT molecular complexity index is 706. The SMILES string of the molecule is CCCCCCCCCCCOC(=O)CCCCCN1CCC(OC(=O)CCn2ccnc2C)C1. The van der Waals surface area contributed by atoms with Gasteiger partial charge < -0.3 is 14.0 Å². The number of carbonyl (C=O) groups is 2. The second-order valence-corrected chi connectivity index (χ2v) is 9.98. The van der Waals surface area contributed by atoms with E-state index in [0.717, 1.165) is 64.0 Å². The summed E-state index contributed by atoms with van der Waals surface area (Å²) in [5.41, 5.74) is 0. The van der Waals surface area contributed by atoms with Crippen molar-refractivity contribution in [1.29, 1.82) is 0 Å². The number of carbonyl (C=O) groups excluding carboxylic acids is 2. The molecule has 1 saturated heterocycles. The molecular formula is C28H49N3O4. The van der Waals surface area contributed by atoms with Crippen molar-refractivity contribution in [3.63, 3.8) is 0 Å². The molecule has 1 unspecified atom stereocenters. The molecule has 1 atom stereocenters. The van der Waals surface area contributed by atoms with Crippen LogP contribution >= 0.6 is 0 Å². The lowest BCUT2D eigenvalue weighted by Gasteiger charge is -2.16. The van der Waals surface area contributed by atoms with Gasteiger partial charge >= 0.3 is 11.9 Å². The van der Waals surface area contributed by atoms with Gasteiger partial charge in [-0.15, -0.1) is 0 Å². The molecule has 1 aliphatic heterocycles. The van der Waals surface area contributed by atoms with Crippen LogP contribution in [0.2, 0.25) is 0 Å². The average molecular weight is 492 g/mol. The molecule has 0 N–H and O–H groups in total. The molecule has 0 bridgehead atoms. The van der Waals surface area contributed by atoms with Gasteiger partial charge in [-0.1, -0.05) is 64.7 Å². The number of esters is 2. The Labute approximate surface area is 212 Å². The van der Waals surface area contributed by atoms with Gasteiger partial charge in [-0.05, 0) is 39.2 Å². The quantitative estimate of drug-likeness (QED) is 0.169. The van der Waals surface area contributed by atoms with Gasteiger partial charge in [0.1, 0.15) is 11.9 Å². The van der Waals surface area contributed by atoms with E-state index in [4.69, 9.17) is 9.47 Å². The molecule has 0 spiro atoms. The molecule has 1 fully saturated rings. The van der Waals surface area contributed by atoms with E-state index in [1.165, 1.54) is 44.9 Å². The molecule has 2 rings (SSSR count). The van der Waals surface area contributed by atoms with E-state index < -0.39 is 0 Å². The lowest BCUT2D eigenvalue weighted by atomic mass is 10.1. The van der Waals surface area contributed by atoms with Crippen molar-refractivity contribution in [3.8, 4) is 0 Å². The second-order valence-electron chi connectivity index (χ2n) is 9.98. The van der Waals surface area contributed by atoms with Gasteiger partial charge in [0.2, 0.25) is 0 Å². The average Bonchev–Trinajstić information content (AvgIpc) is 3.47. The largest absolute Gasteiger partial charge is 0.466 e.